The number of hydrogen-bond donors (Lipinski definition) is 2. The molecule has 1 aliphatic rings. The zero-order valence-electron chi connectivity index (χ0n) is 11.3. The molecule has 1 aliphatic carbocycles. The lowest BCUT2D eigenvalue weighted by Gasteiger charge is -2.21. The van der Waals surface area contributed by atoms with E-state index in [-0.39, 0.29) is 0 Å². The maximum atomic E-state index is 11.0. The lowest BCUT2D eigenvalue weighted by atomic mass is 10.1. The summed E-state index contributed by atoms with van der Waals surface area (Å²) >= 11 is 0. The third kappa shape index (κ3) is 3.86. The van der Waals surface area contributed by atoms with Gasteiger partial charge in [-0.25, -0.2) is 0 Å². The number of amides is 1. The van der Waals surface area contributed by atoms with Gasteiger partial charge in [0.05, 0.1) is 18.0 Å². The Morgan fingerprint density at radius 2 is 2.21 bits per heavy atom. The van der Waals surface area contributed by atoms with Crippen LogP contribution in [-0.4, -0.2) is 32.7 Å². The van der Waals surface area contributed by atoms with E-state index in [1.54, 1.807) is 12.1 Å². The molecule has 0 atom stereocenters. The molecule has 0 heterocycles. The largest absolute Gasteiger partial charge is 0.397 e. The minimum atomic E-state index is -0.464. The number of hydrogen-bond acceptors (Lipinski definition) is 4. The fraction of sp³-hybridized carbons (Fsp3) is 0.500. The summed E-state index contributed by atoms with van der Waals surface area (Å²) in [5.74, 6) is 0.318. The molecule has 0 bridgehead atoms. The number of rotatable bonds is 7. The summed E-state index contributed by atoms with van der Waals surface area (Å²) in [7, 11) is 1.95. The van der Waals surface area contributed by atoms with Crippen molar-refractivity contribution in [3.05, 3.63) is 23.8 Å². The van der Waals surface area contributed by atoms with Gasteiger partial charge >= 0.3 is 0 Å². The number of likely N-dealkylation sites (N-methyl/N-ethyl adjacent to an activating group) is 1. The van der Waals surface area contributed by atoms with Gasteiger partial charge in [-0.3, -0.25) is 4.79 Å². The van der Waals surface area contributed by atoms with Crippen LogP contribution in [0.15, 0.2) is 18.2 Å². The number of carbonyl (C=O) groups excluding carboxylic acids is 1. The van der Waals surface area contributed by atoms with Gasteiger partial charge in [-0.1, -0.05) is 0 Å². The highest BCUT2D eigenvalue weighted by molar-refractivity contribution is 5.94. The lowest BCUT2D eigenvalue weighted by molar-refractivity contribution is 0.100. The van der Waals surface area contributed by atoms with Crippen molar-refractivity contribution < 1.29 is 9.53 Å². The first-order valence-electron chi connectivity index (χ1n) is 6.56. The molecule has 0 spiro atoms. The molecule has 0 saturated heterocycles. The van der Waals surface area contributed by atoms with Crippen LogP contribution in [0.3, 0.4) is 0 Å². The highest BCUT2D eigenvalue weighted by atomic mass is 16.5. The average molecular weight is 263 g/mol. The van der Waals surface area contributed by atoms with Crippen LogP contribution < -0.4 is 16.4 Å². The molecule has 0 unspecified atom stereocenters. The summed E-state index contributed by atoms with van der Waals surface area (Å²) < 4.78 is 5.59. The van der Waals surface area contributed by atoms with Crippen molar-refractivity contribution in [2.75, 3.05) is 37.4 Å². The first-order valence-corrected chi connectivity index (χ1v) is 6.56. The third-order valence-electron chi connectivity index (χ3n) is 3.34. The van der Waals surface area contributed by atoms with Crippen molar-refractivity contribution in [3.63, 3.8) is 0 Å². The molecule has 0 aliphatic heterocycles. The van der Waals surface area contributed by atoms with E-state index in [4.69, 9.17) is 16.2 Å². The van der Waals surface area contributed by atoms with Gasteiger partial charge in [-0.05, 0) is 37.0 Å². The Labute approximate surface area is 113 Å². The Morgan fingerprint density at radius 3 is 2.79 bits per heavy atom. The Hall–Kier alpha value is -1.75. The number of nitrogen functional groups attached to an aromatic ring is 1. The van der Waals surface area contributed by atoms with Crippen LogP contribution >= 0.6 is 0 Å². The molecule has 1 fully saturated rings. The van der Waals surface area contributed by atoms with Crippen molar-refractivity contribution in [1.29, 1.82) is 0 Å². The molecular weight excluding hydrogens is 242 g/mol. The van der Waals surface area contributed by atoms with E-state index in [9.17, 15) is 4.79 Å². The molecule has 0 aromatic heterocycles. The Morgan fingerprint density at radius 1 is 1.47 bits per heavy atom. The van der Waals surface area contributed by atoms with Crippen molar-refractivity contribution in [2.24, 2.45) is 11.7 Å². The lowest BCUT2D eigenvalue weighted by Crippen LogP contribution is -2.24. The molecule has 19 heavy (non-hydrogen) atoms. The highest BCUT2D eigenvalue weighted by Gasteiger charge is 2.21. The van der Waals surface area contributed by atoms with Crippen LogP contribution in [0.25, 0.3) is 0 Å². The van der Waals surface area contributed by atoms with Gasteiger partial charge in [0.25, 0.3) is 0 Å². The Bertz CT molecular complexity index is 458. The fourth-order valence-corrected chi connectivity index (χ4v) is 1.91. The fourth-order valence-electron chi connectivity index (χ4n) is 1.91. The number of ether oxygens (including phenoxy) is 1. The molecular formula is C14H21N3O2. The Balaban J connectivity index is 1.86. The highest BCUT2D eigenvalue weighted by Crippen LogP contribution is 2.28. The van der Waals surface area contributed by atoms with Gasteiger partial charge in [0.1, 0.15) is 0 Å². The van der Waals surface area contributed by atoms with E-state index in [1.807, 2.05) is 18.0 Å². The first-order chi connectivity index (χ1) is 9.08. The van der Waals surface area contributed by atoms with Gasteiger partial charge in [0, 0.05) is 25.8 Å². The maximum absolute atomic E-state index is 11.0. The zero-order chi connectivity index (χ0) is 13.8. The van der Waals surface area contributed by atoms with Gasteiger partial charge in [-0.15, -0.1) is 0 Å². The van der Waals surface area contributed by atoms with Crippen LogP contribution in [0.5, 0.6) is 0 Å². The summed E-state index contributed by atoms with van der Waals surface area (Å²) in [5.41, 5.74) is 13.0. The molecule has 1 saturated carbocycles. The van der Waals surface area contributed by atoms with Crippen molar-refractivity contribution >= 4 is 17.3 Å². The predicted molar refractivity (Wildman–Crippen MR) is 76.2 cm³/mol. The van der Waals surface area contributed by atoms with E-state index in [2.05, 4.69) is 0 Å². The van der Waals surface area contributed by atoms with E-state index in [0.717, 1.165) is 24.8 Å². The number of carbonyl (C=O) groups is 1. The average Bonchev–Trinajstić information content (AvgIpc) is 3.18. The van der Waals surface area contributed by atoms with Crippen LogP contribution in [0.1, 0.15) is 23.2 Å². The third-order valence-corrected chi connectivity index (χ3v) is 3.34. The van der Waals surface area contributed by atoms with Gasteiger partial charge in [0.2, 0.25) is 5.91 Å². The number of nitrogens with two attached hydrogens (primary N) is 2. The monoisotopic (exact) mass is 263 g/mol. The van der Waals surface area contributed by atoms with E-state index >= 15 is 0 Å². The summed E-state index contributed by atoms with van der Waals surface area (Å²) in [6.07, 6.45) is 2.61. The minimum Gasteiger partial charge on any atom is -0.397 e. The number of benzene rings is 1. The maximum Gasteiger partial charge on any atom is 0.248 e. The van der Waals surface area contributed by atoms with E-state index < -0.39 is 5.91 Å². The molecule has 4 N–H and O–H groups in total. The number of nitrogens with zero attached hydrogens (tertiary/aromatic N) is 1. The van der Waals surface area contributed by atoms with Crippen molar-refractivity contribution in [3.8, 4) is 0 Å². The molecule has 5 nitrogen and oxygen atoms in total. The minimum absolute atomic E-state index is 0.430. The van der Waals surface area contributed by atoms with Crippen LogP contribution in [-0.2, 0) is 4.74 Å². The van der Waals surface area contributed by atoms with Crippen LogP contribution in [0.2, 0.25) is 0 Å². The van der Waals surface area contributed by atoms with Crippen molar-refractivity contribution in [1.82, 2.24) is 0 Å². The zero-order valence-corrected chi connectivity index (χ0v) is 11.3. The molecule has 1 amide bonds. The van der Waals surface area contributed by atoms with Crippen LogP contribution in [0, 0.1) is 5.92 Å². The Kier molecular flexibility index (Phi) is 4.27. The summed E-state index contributed by atoms with van der Waals surface area (Å²) in [6.45, 7) is 2.32. The quantitative estimate of drug-likeness (QED) is 0.572. The van der Waals surface area contributed by atoms with Gasteiger partial charge in [-0.2, -0.15) is 0 Å². The predicted octanol–water partition coefficient (Wildman–Crippen LogP) is 1.23. The second kappa shape index (κ2) is 5.93. The van der Waals surface area contributed by atoms with Crippen molar-refractivity contribution in [2.45, 2.75) is 12.8 Å². The molecule has 5 heteroatoms. The standard InChI is InChI=1S/C14H21N3O2/c1-17(6-7-19-9-10-2-3-10)13-5-4-11(14(16)18)8-12(13)15/h4-5,8,10H,2-3,6-7,9,15H2,1H3,(H2,16,18). The second-order valence-corrected chi connectivity index (χ2v) is 5.08. The molecule has 2 rings (SSSR count). The van der Waals surface area contributed by atoms with Gasteiger partial charge < -0.3 is 21.1 Å². The molecule has 1 aromatic rings. The number of primary amides is 1. The van der Waals surface area contributed by atoms with Crippen LogP contribution in [0.4, 0.5) is 11.4 Å². The summed E-state index contributed by atoms with van der Waals surface area (Å²) in [6, 6.07) is 5.12. The summed E-state index contributed by atoms with van der Waals surface area (Å²) in [4.78, 5) is 13.1. The normalized spacial score (nSPS) is 14.4. The summed E-state index contributed by atoms with van der Waals surface area (Å²) in [5, 5.41) is 0. The second-order valence-electron chi connectivity index (χ2n) is 5.08. The molecule has 0 radical (unpaired) electrons. The SMILES string of the molecule is CN(CCOCC1CC1)c1ccc(C(N)=O)cc1N. The molecule has 1 aromatic carbocycles. The first kappa shape index (κ1) is 13.7. The smallest absolute Gasteiger partial charge is 0.248 e. The number of anilines is 2. The topological polar surface area (TPSA) is 81.6 Å². The molecule has 104 valence electrons. The van der Waals surface area contributed by atoms with Gasteiger partial charge in [0.15, 0.2) is 0 Å². The van der Waals surface area contributed by atoms with E-state index in [0.29, 0.717) is 17.9 Å². The van der Waals surface area contributed by atoms with E-state index in [1.165, 1.54) is 12.8 Å².